The van der Waals surface area contributed by atoms with E-state index >= 15 is 0 Å². The van der Waals surface area contributed by atoms with E-state index in [0.717, 1.165) is 22.4 Å². The number of methoxy groups -OCH3 is 1. The Morgan fingerprint density at radius 1 is 1.17 bits per heavy atom. The number of nitrogens with one attached hydrogen (secondary N) is 1. The molecule has 4 rings (SSSR count). The maximum Gasteiger partial charge on any atom is 0.232 e. The second-order valence-corrected chi connectivity index (χ2v) is 7.66. The van der Waals surface area contributed by atoms with Crippen LogP contribution >= 0.6 is 11.6 Å². The molecule has 10 heteroatoms. The molecule has 0 radical (unpaired) electrons. The third kappa shape index (κ3) is 4.65. The van der Waals surface area contributed by atoms with Gasteiger partial charge < -0.3 is 4.74 Å². The smallest absolute Gasteiger partial charge is 0.232 e. The van der Waals surface area contributed by atoms with Crippen molar-refractivity contribution in [3.63, 3.8) is 0 Å². The van der Waals surface area contributed by atoms with E-state index in [1.165, 1.54) is 0 Å². The van der Waals surface area contributed by atoms with E-state index in [4.69, 9.17) is 20.9 Å². The van der Waals surface area contributed by atoms with Gasteiger partial charge in [0, 0.05) is 12.1 Å². The number of aromatic nitrogens is 4. The monoisotopic (exact) mass is 443 g/mol. The van der Waals surface area contributed by atoms with Gasteiger partial charge >= 0.3 is 0 Å². The fourth-order valence-electron chi connectivity index (χ4n) is 3.02. The first-order chi connectivity index (χ1) is 14.5. The van der Waals surface area contributed by atoms with Gasteiger partial charge in [0.2, 0.25) is 11.3 Å². The van der Waals surface area contributed by atoms with Crippen LogP contribution in [0.4, 0.5) is 0 Å². The van der Waals surface area contributed by atoms with Crippen LogP contribution in [0, 0.1) is 0 Å². The number of hydrogen-bond donors (Lipinski definition) is 2. The quantitative estimate of drug-likeness (QED) is 0.335. The molecule has 1 atom stereocenters. The second-order valence-electron chi connectivity index (χ2n) is 6.52. The Labute approximate surface area is 180 Å². The van der Waals surface area contributed by atoms with Crippen molar-refractivity contribution >= 4 is 33.9 Å². The predicted molar refractivity (Wildman–Crippen MR) is 115 cm³/mol. The Hall–Kier alpha value is -2.85. The van der Waals surface area contributed by atoms with Gasteiger partial charge in [0.25, 0.3) is 0 Å². The number of fused-ring (bicyclic) bond motifs is 1. The highest BCUT2D eigenvalue weighted by Gasteiger charge is 2.13. The molecule has 8 nitrogen and oxygen atoms in total. The number of hydrogen-bond acceptors (Lipinski definition) is 5. The van der Waals surface area contributed by atoms with Crippen molar-refractivity contribution in [3.8, 4) is 17.1 Å². The zero-order valence-corrected chi connectivity index (χ0v) is 17.5. The maximum atomic E-state index is 10.8. The van der Waals surface area contributed by atoms with E-state index in [0.29, 0.717) is 23.4 Å². The highest BCUT2D eigenvalue weighted by molar-refractivity contribution is 7.77. The lowest BCUT2D eigenvalue weighted by molar-refractivity contribution is 0.414. The SMILES string of the molecule is COc1ccc(Cn2cc3nc(-c4cccc(CNS(=O)O)c4)nc(Cl)c3n2)cc1. The molecule has 0 fully saturated rings. The van der Waals surface area contributed by atoms with E-state index in [2.05, 4.69) is 19.8 Å². The second kappa shape index (κ2) is 8.88. The fourth-order valence-corrected chi connectivity index (χ4v) is 3.52. The molecular formula is C20H18ClN5O3S. The minimum Gasteiger partial charge on any atom is -0.497 e. The summed E-state index contributed by atoms with van der Waals surface area (Å²) in [6, 6.07) is 15.1. The molecule has 2 N–H and O–H groups in total. The van der Waals surface area contributed by atoms with Crippen molar-refractivity contribution in [1.29, 1.82) is 0 Å². The standard InChI is InChI=1S/C20H18ClN5O3S/c1-29-16-7-5-13(6-8-16)11-26-12-17-18(25-26)19(21)24-20(23-17)15-4-2-3-14(9-15)10-22-30(27)28/h2-9,12,22H,10-11H2,1H3,(H,27,28). The molecule has 154 valence electrons. The lowest BCUT2D eigenvalue weighted by Crippen LogP contribution is -2.15. The van der Waals surface area contributed by atoms with Gasteiger partial charge in [0.15, 0.2) is 11.0 Å². The molecule has 0 aliphatic heterocycles. The van der Waals surface area contributed by atoms with Gasteiger partial charge in [-0.15, -0.1) is 0 Å². The Balaban J connectivity index is 1.62. The van der Waals surface area contributed by atoms with Crippen LogP contribution in [0.5, 0.6) is 5.75 Å². The van der Waals surface area contributed by atoms with Crippen LogP contribution in [0.25, 0.3) is 22.4 Å². The molecule has 0 saturated heterocycles. The molecule has 0 saturated carbocycles. The summed E-state index contributed by atoms with van der Waals surface area (Å²) < 4.78 is 29.1. The van der Waals surface area contributed by atoms with E-state index < -0.39 is 11.3 Å². The van der Waals surface area contributed by atoms with E-state index in [1.807, 2.05) is 54.7 Å². The lowest BCUT2D eigenvalue weighted by Gasteiger charge is -2.05. The summed E-state index contributed by atoms with van der Waals surface area (Å²) in [5.74, 6) is 1.26. The Kier molecular flexibility index (Phi) is 6.05. The van der Waals surface area contributed by atoms with Gasteiger partial charge in [-0.3, -0.25) is 9.23 Å². The van der Waals surface area contributed by atoms with Gasteiger partial charge in [0.05, 0.1) is 19.9 Å². The molecular weight excluding hydrogens is 426 g/mol. The molecule has 30 heavy (non-hydrogen) atoms. The van der Waals surface area contributed by atoms with Crippen LogP contribution in [-0.4, -0.2) is 35.6 Å². The first-order valence-corrected chi connectivity index (χ1v) is 10.5. The third-order valence-corrected chi connectivity index (χ3v) is 5.11. The van der Waals surface area contributed by atoms with Crippen LogP contribution in [-0.2, 0) is 24.4 Å². The zero-order chi connectivity index (χ0) is 21.1. The summed E-state index contributed by atoms with van der Waals surface area (Å²) in [4.78, 5) is 8.99. The number of rotatable bonds is 7. The first kappa shape index (κ1) is 20.4. The molecule has 0 aliphatic rings. The molecule has 0 bridgehead atoms. The molecule has 4 aromatic rings. The zero-order valence-electron chi connectivity index (χ0n) is 15.9. The molecule has 0 aliphatic carbocycles. The number of ether oxygens (including phenoxy) is 1. The number of benzene rings is 2. The van der Waals surface area contributed by atoms with Crippen LogP contribution in [0.3, 0.4) is 0 Å². The molecule has 2 aromatic heterocycles. The highest BCUT2D eigenvalue weighted by atomic mass is 35.5. The minimum atomic E-state index is -2.08. The number of halogens is 1. The van der Waals surface area contributed by atoms with Crippen molar-refractivity contribution in [2.24, 2.45) is 0 Å². The predicted octanol–water partition coefficient (Wildman–Crippen LogP) is 3.43. The lowest BCUT2D eigenvalue weighted by atomic mass is 10.1. The van der Waals surface area contributed by atoms with Crippen LogP contribution in [0.15, 0.2) is 54.7 Å². The average molecular weight is 444 g/mol. The topological polar surface area (TPSA) is 102 Å². The average Bonchev–Trinajstić information content (AvgIpc) is 3.16. The van der Waals surface area contributed by atoms with Crippen molar-refractivity contribution < 1.29 is 13.5 Å². The molecule has 2 aromatic carbocycles. The van der Waals surface area contributed by atoms with Gasteiger partial charge in [-0.05, 0) is 29.3 Å². The maximum absolute atomic E-state index is 10.8. The molecule has 1 unspecified atom stereocenters. The van der Waals surface area contributed by atoms with Crippen LogP contribution in [0.2, 0.25) is 5.15 Å². The Morgan fingerprint density at radius 2 is 1.97 bits per heavy atom. The van der Waals surface area contributed by atoms with E-state index in [1.54, 1.807) is 11.8 Å². The van der Waals surface area contributed by atoms with Gasteiger partial charge in [-0.25, -0.2) is 18.9 Å². The van der Waals surface area contributed by atoms with Crippen molar-refractivity contribution in [1.82, 2.24) is 24.5 Å². The first-order valence-electron chi connectivity index (χ1n) is 8.99. The number of nitrogens with zero attached hydrogens (tertiary/aromatic N) is 4. The molecule has 0 amide bonds. The van der Waals surface area contributed by atoms with Gasteiger partial charge in [-0.2, -0.15) is 5.10 Å². The highest BCUT2D eigenvalue weighted by Crippen LogP contribution is 2.25. The summed E-state index contributed by atoms with van der Waals surface area (Å²) in [5.41, 5.74) is 3.81. The van der Waals surface area contributed by atoms with E-state index in [9.17, 15) is 4.21 Å². The van der Waals surface area contributed by atoms with Gasteiger partial charge in [0.1, 0.15) is 16.8 Å². The molecule has 2 heterocycles. The summed E-state index contributed by atoms with van der Waals surface area (Å²) in [6.45, 7) is 0.804. The Morgan fingerprint density at radius 3 is 2.70 bits per heavy atom. The third-order valence-electron chi connectivity index (χ3n) is 4.46. The van der Waals surface area contributed by atoms with Crippen LogP contribution < -0.4 is 9.46 Å². The summed E-state index contributed by atoms with van der Waals surface area (Å²) in [5, 5.41) is 4.78. The Bertz CT molecular complexity index is 1210. The van der Waals surface area contributed by atoms with Crippen molar-refractivity contribution in [2.45, 2.75) is 13.1 Å². The molecule has 0 spiro atoms. The normalized spacial score (nSPS) is 12.2. The fraction of sp³-hybridized carbons (Fsp3) is 0.150. The summed E-state index contributed by atoms with van der Waals surface area (Å²) >= 11 is 4.31. The van der Waals surface area contributed by atoms with Crippen LogP contribution in [0.1, 0.15) is 11.1 Å². The van der Waals surface area contributed by atoms with Gasteiger partial charge in [-0.1, -0.05) is 41.9 Å². The summed E-state index contributed by atoms with van der Waals surface area (Å²) in [7, 11) is 1.63. The largest absolute Gasteiger partial charge is 0.497 e. The minimum absolute atomic E-state index is 0.243. The van der Waals surface area contributed by atoms with E-state index in [-0.39, 0.29) is 11.7 Å². The summed E-state index contributed by atoms with van der Waals surface area (Å²) in [6.07, 6.45) is 1.83. The van der Waals surface area contributed by atoms with Crippen molar-refractivity contribution in [3.05, 3.63) is 71.0 Å². The van der Waals surface area contributed by atoms with Crippen molar-refractivity contribution in [2.75, 3.05) is 7.11 Å².